The van der Waals surface area contributed by atoms with Crippen LogP contribution in [-0.4, -0.2) is 55.1 Å². The van der Waals surface area contributed by atoms with E-state index in [2.05, 4.69) is 5.32 Å². The van der Waals surface area contributed by atoms with E-state index in [1.54, 1.807) is 29.2 Å². The number of anilines is 1. The molecule has 1 fully saturated rings. The van der Waals surface area contributed by atoms with Crippen molar-refractivity contribution in [3.05, 3.63) is 29.8 Å². The van der Waals surface area contributed by atoms with Crippen LogP contribution in [0.3, 0.4) is 0 Å². The highest BCUT2D eigenvalue weighted by Gasteiger charge is 2.25. The molecule has 0 spiro atoms. The van der Waals surface area contributed by atoms with Gasteiger partial charge in [0.1, 0.15) is 0 Å². The van der Waals surface area contributed by atoms with Crippen molar-refractivity contribution in [2.75, 3.05) is 31.6 Å². The second-order valence-corrected chi connectivity index (χ2v) is 5.72. The Morgan fingerprint density at radius 1 is 1.28 bits per heavy atom. The van der Waals surface area contributed by atoms with E-state index in [0.717, 1.165) is 6.42 Å². The predicted molar refractivity (Wildman–Crippen MR) is 92.3 cm³/mol. The highest BCUT2D eigenvalue weighted by Crippen LogP contribution is 2.14. The molecule has 0 radical (unpaired) electrons. The summed E-state index contributed by atoms with van der Waals surface area (Å²) >= 11 is 0. The number of ether oxygens (including phenoxy) is 2. The Hall–Kier alpha value is -2.41. The van der Waals surface area contributed by atoms with Crippen molar-refractivity contribution in [1.82, 2.24) is 4.90 Å². The molecular weight excluding hydrogens is 324 g/mol. The molecule has 0 bridgehead atoms. The number of carbonyl (C=O) groups excluding carboxylic acids is 3. The van der Waals surface area contributed by atoms with E-state index in [-0.39, 0.29) is 12.5 Å². The van der Waals surface area contributed by atoms with E-state index >= 15 is 0 Å². The Balaban J connectivity index is 1.89. The Labute approximate surface area is 147 Å². The highest BCUT2D eigenvalue weighted by atomic mass is 16.6. The molecule has 0 aromatic heterocycles. The summed E-state index contributed by atoms with van der Waals surface area (Å²) in [4.78, 5) is 37.7. The number of hydrogen-bond donors (Lipinski definition) is 1. The summed E-state index contributed by atoms with van der Waals surface area (Å²) in [5, 5.41) is 2.63. The van der Waals surface area contributed by atoms with Crippen molar-refractivity contribution in [1.29, 1.82) is 0 Å². The maximum atomic E-state index is 12.3. The van der Waals surface area contributed by atoms with Gasteiger partial charge in [0, 0.05) is 30.9 Å². The maximum absolute atomic E-state index is 12.3. The third kappa shape index (κ3) is 5.29. The molecule has 136 valence electrons. The van der Waals surface area contributed by atoms with Crippen LogP contribution in [0.1, 0.15) is 37.0 Å². The molecule has 1 saturated heterocycles. The van der Waals surface area contributed by atoms with Crippen LogP contribution in [0.5, 0.6) is 0 Å². The number of rotatable bonds is 7. The zero-order valence-electron chi connectivity index (χ0n) is 14.6. The SMILES string of the molecule is CCN(CC)C(=O)c1cccc(NC(=O)COC(=O)[C@H]2CCCO2)c1. The molecule has 1 aliphatic heterocycles. The molecule has 1 aromatic carbocycles. The lowest BCUT2D eigenvalue weighted by Gasteiger charge is -2.19. The Kier molecular flexibility index (Phi) is 6.94. The average Bonchev–Trinajstić information content (AvgIpc) is 3.15. The molecule has 0 saturated carbocycles. The first-order valence-corrected chi connectivity index (χ1v) is 8.52. The van der Waals surface area contributed by atoms with E-state index in [1.165, 1.54) is 0 Å². The monoisotopic (exact) mass is 348 g/mol. The van der Waals surface area contributed by atoms with Gasteiger partial charge in [0.15, 0.2) is 12.7 Å². The minimum absolute atomic E-state index is 0.0918. The van der Waals surface area contributed by atoms with Gasteiger partial charge in [-0.3, -0.25) is 9.59 Å². The fraction of sp³-hybridized carbons (Fsp3) is 0.500. The summed E-state index contributed by atoms with van der Waals surface area (Å²) in [5.74, 6) is -1.07. The Morgan fingerprint density at radius 3 is 2.68 bits per heavy atom. The summed E-state index contributed by atoms with van der Waals surface area (Å²) in [6.07, 6.45) is 0.873. The van der Waals surface area contributed by atoms with Crippen LogP contribution in [0, 0.1) is 0 Å². The van der Waals surface area contributed by atoms with Gasteiger partial charge in [-0.05, 0) is 44.9 Å². The first-order valence-electron chi connectivity index (χ1n) is 8.52. The molecule has 1 heterocycles. The van der Waals surface area contributed by atoms with Crippen LogP contribution in [0.2, 0.25) is 0 Å². The summed E-state index contributed by atoms with van der Waals surface area (Å²) in [5.41, 5.74) is 0.981. The molecule has 7 heteroatoms. The molecule has 1 aromatic rings. The van der Waals surface area contributed by atoms with E-state index in [0.29, 0.717) is 37.4 Å². The van der Waals surface area contributed by atoms with E-state index in [9.17, 15) is 14.4 Å². The number of amides is 2. The van der Waals surface area contributed by atoms with Crippen LogP contribution < -0.4 is 5.32 Å². The second-order valence-electron chi connectivity index (χ2n) is 5.72. The molecule has 0 aliphatic carbocycles. The van der Waals surface area contributed by atoms with Crippen LogP contribution in [0.4, 0.5) is 5.69 Å². The van der Waals surface area contributed by atoms with E-state index in [4.69, 9.17) is 9.47 Å². The Bertz CT molecular complexity index is 622. The topological polar surface area (TPSA) is 84.9 Å². The molecule has 25 heavy (non-hydrogen) atoms. The second kappa shape index (κ2) is 9.17. The quantitative estimate of drug-likeness (QED) is 0.760. The van der Waals surface area contributed by atoms with Gasteiger partial charge in [0.2, 0.25) is 0 Å². The van der Waals surface area contributed by atoms with Crippen LogP contribution in [-0.2, 0) is 19.1 Å². The van der Waals surface area contributed by atoms with Crippen LogP contribution in [0.25, 0.3) is 0 Å². The molecule has 0 unspecified atom stereocenters. The minimum Gasteiger partial charge on any atom is -0.454 e. The number of esters is 1. The molecule has 1 aliphatic rings. The maximum Gasteiger partial charge on any atom is 0.335 e. The van der Waals surface area contributed by atoms with Crippen molar-refractivity contribution < 1.29 is 23.9 Å². The Morgan fingerprint density at radius 2 is 2.04 bits per heavy atom. The van der Waals surface area contributed by atoms with Gasteiger partial charge in [-0.1, -0.05) is 6.07 Å². The lowest BCUT2D eigenvalue weighted by Crippen LogP contribution is -2.30. The lowest BCUT2D eigenvalue weighted by atomic mass is 10.1. The minimum atomic E-state index is -0.567. The summed E-state index contributed by atoms with van der Waals surface area (Å²) in [6, 6.07) is 6.69. The number of carbonyl (C=O) groups is 3. The lowest BCUT2D eigenvalue weighted by molar-refractivity contribution is -0.156. The fourth-order valence-electron chi connectivity index (χ4n) is 2.61. The number of nitrogens with zero attached hydrogens (tertiary/aromatic N) is 1. The number of hydrogen-bond acceptors (Lipinski definition) is 5. The van der Waals surface area contributed by atoms with Gasteiger partial charge >= 0.3 is 5.97 Å². The van der Waals surface area contributed by atoms with Crippen LogP contribution in [0.15, 0.2) is 24.3 Å². The van der Waals surface area contributed by atoms with E-state index in [1.807, 2.05) is 13.8 Å². The number of benzene rings is 1. The third-order valence-electron chi connectivity index (χ3n) is 3.98. The largest absolute Gasteiger partial charge is 0.454 e. The predicted octanol–water partition coefficient (Wildman–Crippen LogP) is 1.83. The first-order chi connectivity index (χ1) is 12.0. The standard InChI is InChI=1S/C18H24N2O5/c1-3-20(4-2)17(22)13-7-5-8-14(11-13)19-16(21)12-25-18(23)15-9-6-10-24-15/h5,7-8,11,15H,3-4,6,9-10,12H2,1-2H3,(H,19,21)/t15-/m1/s1. The van der Waals surface area contributed by atoms with Gasteiger partial charge in [0.25, 0.3) is 11.8 Å². The van der Waals surface area contributed by atoms with Gasteiger partial charge in [0.05, 0.1) is 0 Å². The van der Waals surface area contributed by atoms with Crippen molar-refractivity contribution >= 4 is 23.5 Å². The van der Waals surface area contributed by atoms with Gasteiger partial charge in [-0.25, -0.2) is 4.79 Å². The molecule has 2 amide bonds. The molecule has 1 atom stereocenters. The van der Waals surface area contributed by atoms with Crippen molar-refractivity contribution in [3.8, 4) is 0 Å². The average molecular weight is 348 g/mol. The zero-order chi connectivity index (χ0) is 18.2. The number of nitrogens with one attached hydrogen (secondary N) is 1. The summed E-state index contributed by atoms with van der Waals surface area (Å²) in [7, 11) is 0. The van der Waals surface area contributed by atoms with Gasteiger partial charge in [-0.2, -0.15) is 0 Å². The highest BCUT2D eigenvalue weighted by molar-refractivity contribution is 5.97. The summed E-state index contributed by atoms with van der Waals surface area (Å²) in [6.45, 7) is 5.22. The normalized spacial score (nSPS) is 16.3. The van der Waals surface area contributed by atoms with Crippen molar-refractivity contribution in [2.45, 2.75) is 32.8 Å². The fourth-order valence-corrected chi connectivity index (χ4v) is 2.61. The smallest absolute Gasteiger partial charge is 0.335 e. The molecular formula is C18H24N2O5. The van der Waals surface area contributed by atoms with Crippen LogP contribution >= 0.6 is 0 Å². The van der Waals surface area contributed by atoms with E-state index < -0.39 is 18.0 Å². The van der Waals surface area contributed by atoms with Crippen molar-refractivity contribution in [3.63, 3.8) is 0 Å². The van der Waals surface area contributed by atoms with Gasteiger partial charge < -0.3 is 19.7 Å². The molecule has 2 rings (SSSR count). The summed E-state index contributed by atoms with van der Waals surface area (Å²) < 4.78 is 10.2. The molecule has 7 nitrogen and oxygen atoms in total. The van der Waals surface area contributed by atoms with Gasteiger partial charge in [-0.15, -0.1) is 0 Å². The third-order valence-corrected chi connectivity index (χ3v) is 3.98. The molecule has 1 N–H and O–H groups in total. The van der Waals surface area contributed by atoms with Crippen molar-refractivity contribution in [2.24, 2.45) is 0 Å². The zero-order valence-corrected chi connectivity index (χ0v) is 14.6. The first kappa shape index (κ1) is 18.9.